The number of rotatable bonds is 5. The number of ether oxygens (including phenoxy) is 1. The number of ketones is 1. The van der Waals surface area contributed by atoms with Gasteiger partial charge in [0.05, 0.1) is 7.11 Å². The lowest BCUT2D eigenvalue weighted by molar-refractivity contribution is -0.143. The molecule has 0 radical (unpaired) electrons. The Bertz CT molecular complexity index is 515. The van der Waals surface area contributed by atoms with E-state index < -0.39 is 5.97 Å². The minimum absolute atomic E-state index is 0.00190. The van der Waals surface area contributed by atoms with E-state index >= 15 is 0 Å². The van der Waals surface area contributed by atoms with Crippen LogP contribution in [0, 0.1) is 16.7 Å². The van der Waals surface area contributed by atoms with E-state index in [2.05, 4.69) is 32.4 Å². The minimum Gasteiger partial charge on any atom is -0.469 e. The predicted molar refractivity (Wildman–Crippen MR) is 92.0 cm³/mol. The summed E-state index contributed by atoms with van der Waals surface area (Å²) in [4.78, 5) is 23.3. The standard InChI is InChI=1S/C20H32O3/c1-14-7-10-17-19(2,3)11-6-12-20(17,4)16(14)9-8-15(21)13-18(22)23-5/h17H,6-13H2,1-5H3/t17-,20+/m1/s1. The van der Waals surface area contributed by atoms with Gasteiger partial charge in [-0.2, -0.15) is 0 Å². The van der Waals surface area contributed by atoms with Crippen molar-refractivity contribution in [1.29, 1.82) is 0 Å². The van der Waals surface area contributed by atoms with Crippen molar-refractivity contribution in [2.45, 2.75) is 79.1 Å². The lowest BCUT2D eigenvalue weighted by atomic mass is 9.50. The van der Waals surface area contributed by atoms with Gasteiger partial charge in [-0.1, -0.05) is 38.3 Å². The van der Waals surface area contributed by atoms with Gasteiger partial charge in [-0.05, 0) is 55.8 Å². The van der Waals surface area contributed by atoms with Crippen LogP contribution in [0.25, 0.3) is 0 Å². The highest BCUT2D eigenvalue weighted by molar-refractivity contribution is 5.95. The van der Waals surface area contributed by atoms with Gasteiger partial charge in [-0.3, -0.25) is 9.59 Å². The van der Waals surface area contributed by atoms with Crippen LogP contribution in [-0.2, 0) is 14.3 Å². The summed E-state index contributed by atoms with van der Waals surface area (Å²) in [5, 5.41) is 0. The summed E-state index contributed by atoms with van der Waals surface area (Å²) in [6.45, 7) is 9.48. The average Bonchev–Trinajstić information content (AvgIpc) is 2.45. The van der Waals surface area contributed by atoms with Gasteiger partial charge in [0.2, 0.25) is 0 Å². The van der Waals surface area contributed by atoms with Gasteiger partial charge in [0, 0.05) is 6.42 Å². The molecule has 1 fully saturated rings. The topological polar surface area (TPSA) is 43.4 Å². The summed E-state index contributed by atoms with van der Waals surface area (Å²) in [5.41, 5.74) is 3.59. The highest BCUT2D eigenvalue weighted by Gasteiger charge is 2.49. The molecule has 2 aliphatic carbocycles. The Labute approximate surface area is 140 Å². The molecular formula is C20H32O3. The molecule has 2 atom stereocenters. The predicted octanol–water partition coefficient (Wildman–Crippen LogP) is 4.84. The fourth-order valence-electron chi connectivity index (χ4n) is 5.28. The van der Waals surface area contributed by atoms with Gasteiger partial charge in [0.15, 0.2) is 0 Å². The molecule has 0 heterocycles. The number of hydrogen-bond acceptors (Lipinski definition) is 3. The van der Waals surface area contributed by atoms with Crippen molar-refractivity contribution in [1.82, 2.24) is 0 Å². The summed E-state index contributed by atoms with van der Waals surface area (Å²) in [7, 11) is 1.33. The molecule has 23 heavy (non-hydrogen) atoms. The van der Waals surface area contributed by atoms with Crippen LogP contribution in [0.1, 0.15) is 79.1 Å². The first-order valence-corrected chi connectivity index (χ1v) is 8.98. The summed E-state index contributed by atoms with van der Waals surface area (Å²) in [6, 6.07) is 0. The summed E-state index contributed by atoms with van der Waals surface area (Å²) < 4.78 is 4.60. The van der Waals surface area contributed by atoms with E-state index in [-0.39, 0.29) is 17.6 Å². The van der Waals surface area contributed by atoms with Crippen LogP contribution in [0.2, 0.25) is 0 Å². The Morgan fingerprint density at radius 1 is 1.22 bits per heavy atom. The second-order valence-electron chi connectivity index (χ2n) is 8.40. The van der Waals surface area contributed by atoms with Crippen molar-refractivity contribution in [3.63, 3.8) is 0 Å². The fraction of sp³-hybridized carbons (Fsp3) is 0.800. The lowest BCUT2D eigenvalue weighted by Gasteiger charge is -2.55. The van der Waals surface area contributed by atoms with E-state index in [4.69, 9.17) is 0 Å². The third kappa shape index (κ3) is 3.70. The largest absolute Gasteiger partial charge is 0.469 e. The average molecular weight is 320 g/mol. The van der Waals surface area contributed by atoms with Gasteiger partial charge < -0.3 is 4.74 Å². The quantitative estimate of drug-likeness (QED) is 0.413. The van der Waals surface area contributed by atoms with Crippen molar-refractivity contribution in [2.75, 3.05) is 7.11 Å². The Hall–Kier alpha value is -1.12. The summed E-state index contributed by atoms with van der Waals surface area (Å²) in [5.74, 6) is 0.281. The fourth-order valence-corrected chi connectivity index (χ4v) is 5.28. The first-order valence-electron chi connectivity index (χ1n) is 8.98. The number of hydrogen-bond donors (Lipinski definition) is 0. The van der Waals surface area contributed by atoms with Crippen LogP contribution in [0.3, 0.4) is 0 Å². The molecule has 0 aromatic carbocycles. The Balaban J connectivity index is 2.13. The van der Waals surface area contributed by atoms with E-state index in [0.717, 1.165) is 12.8 Å². The highest BCUT2D eigenvalue weighted by Crippen LogP contribution is 2.60. The molecule has 0 aromatic heterocycles. The Morgan fingerprint density at radius 2 is 1.91 bits per heavy atom. The number of carbonyl (C=O) groups excluding carboxylic acids is 2. The maximum Gasteiger partial charge on any atom is 0.313 e. The van der Waals surface area contributed by atoms with Crippen molar-refractivity contribution >= 4 is 11.8 Å². The Morgan fingerprint density at radius 3 is 2.57 bits per heavy atom. The molecule has 0 aliphatic heterocycles. The number of fused-ring (bicyclic) bond motifs is 1. The van der Waals surface area contributed by atoms with Gasteiger partial charge >= 0.3 is 5.97 Å². The number of allylic oxidation sites excluding steroid dienone is 2. The minimum atomic E-state index is -0.424. The number of methoxy groups -OCH3 is 1. The van der Waals surface area contributed by atoms with Gasteiger partial charge in [-0.15, -0.1) is 0 Å². The van der Waals surface area contributed by atoms with E-state index in [1.807, 2.05) is 0 Å². The number of esters is 1. The van der Waals surface area contributed by atoms with E-state index in [9.17, 15) is 9.59 Å². The lowest BCUT2D eigenvalue weighted by Crippen LogP contribution is -2.45. The van der Waals surface area contributed by atoms with Crippen molar-refractivity contribution < 1.29 is 14.3 Å². The number of carbonyl (C=O) groups is 2. The molecule has 1 saturated carbocycles. The monoisotopic (exact) mass is 320 g/mol. The smallest absolute Gasteiger partial charge is 0.313 e. The van der Waals surface area contributed by atoms with Crippen LogP contribution >= 0.6 is 0 Å². The van der Waals surface area contributed by atoms with Crippen LogP contribution < -0.4 is 0 Å². The molecule has 2 aliphatic rings. The van der Waals surface area contributed by atoms with Gasteiger partial charge in [-0.25, -0.2) is 0 Å². The number of Topliss-reactive ketones (excluding diaryl/α,β-unsaturated/α-hetero) is 1. The third-order valence-electron chi connectivity index (χ3n) is 6.47. The molecule has 0 amide bonds. The van der Waals surface area contributed by atoms with E-state index in [1.54, 1.807) is 0 Å². The van der Waals surface area contributed by atoms with Crippen LogP contribution in [-0.4, -0.2) is 18.9 Å². The van der Waals surface area contributed by atoms with Crippen LogP contribution in [0.4, 0.5) is 0 Å². The third-order valence-corrected chi connectivity index (χ3v) is 6.47. The van der Waals surface area contributed by atoms with Crippen LogP contribution in [0.15, 0.2) is 11.1 Å². The molecule has 0 unspecified atom stereocenters. The zero-order valence-electron chi connectivity index (χ0n) is 15.5. The first-order chi connectivity index (χ1) is 10.7. The molecule has 0 N–H and O–H groups in total. The van der Waals surface area contributed by atoms with Gasteiger partial charge in [0.25, 0.3) is 0 Å². The molecule has 0 bridgehead atoms. The maximum absolute atomic E-state index is 12.0. The molecule has 3 nitrogen and oxygen atoms in total. The molecule has 2 rings (SSSR count). The van der Waals surface area contributed by atoms with E-state index in [0.29, 0.717) is 17.8 Å². The van der Waals surface area contributed by atoms with Crippen LogP contribution in [0.5, 0.6) is 0 Å². The molecule has 0 aromatic rings. The van der Waals surface area contributed by atoms with E-state index in [1.165, 1.54) is 43.9 Å². The second-order valence-corrected chi connectivity index (χ2v) is 8.40. The summed E-state index contributed by atoms with van der Waals surface area (Å²) in [6.07, 6.45) is 7.43. The van der Waals surface area contributed by atoms with Gasteiger partial charge in [0.1, 0.15) is 12.2 Å². The van der Waals surface area contributed by atoms with Crippen molar-refractivity contribution in [3.8, 4) is 0 Å². The molecular weight excluding hydrogens is 288 g/mol. The molecule has 0 spiro atoms. The second kappa shape index (κ2) is 6.78. The molecule has 3 heteroatoms. The highest BCUT2D eigenvalue weighted by atomic mass is 16.5. The SMILES string of the molecule is COC(=O)CC(=O)CCC1=C(C)CC[C@@H]2C(C)(C)CCC[C@@]12C. The zero-order valence-corrected chi connectivity index (χ0v) is 15.5. The maximum atomic E-state index is 12.0. The first kappa shape index (κ1) is 18.2. The Kier molecular flexibility index (Phi) is 5.37. The normalized spacial score (nSPS) is 29.9. The van der Waals surface area contributed by atoms with Crippen molar-refractivity contribution in [3.05, 3.63) is 11.1 Å². The molecule has 0 saturated heterocycles. The zero-order chi connectivity index (χ0) is 17.3. The van der Waals surface area contributed by atoms with Crippen molar-refractivity contribution in [2.24, 2.45) is 16.7 Å². The molecule has 130 valence electrons. The summed E-state index contributed by atoms with van der Waals surface area (Å²) >= 11 is 0.